The molecule has 84 valence electrons. The number of benzene rings is 1. The maximum absolute atomic E-state index is 5.77. The highest BCUT2D eigenvalue weighted by molar-refractivity contribution is 9.10. The van der Waals surface area contributed by atoms with Gasteiger partial charge in [0.15, 0.2) is 0 Å². The molecule has 3 heteroatoms. The Morgan fingerprint density at radius 2 is 1.87 bits per heavy atom. The number of halogens is 1. The molecule has 1 aromatic rings. The van der Waals surface area contributed by atoms with E-state index in [-0.39, 0.29) is 6.10 Å². The lowest BCUT2D eigenvalue weighted by molar-refractivity contribution is 0.0547. The Hall–Kier alpha value is -0.540. The topological polar surface area (TPSA) is 18.5 Å². The lowest BCUT2D eigenvalue weighted by atomic mass is 10.3. The van der Waals surface area contributed by atoms with Crippen molar-refractivity contribution in [1.29, 1.82) is 0 Å². The van der Waals surface area contributed by atoms with Gasteiger partial charge in [-0.05, 0) is 37.6 Å². The van der Waals surface area contributed by atoms with Gasteiger partial charge in [-0.2, -0.15) is 0 Å². The molecule has 1 aromatic carbocycles. The molecule has 1 rings (SSSR count). The van der Waals surface area contributed by atoms with Crippen LogP contribution in [0.5, 0.6) is 5.75 Å². The second-order valence-corrected chi connectivity index (χ2v) is 4.18. The third-order valence-corrected chi connectivity index (χ3v) is 2.61. The van der Waals surface area contributed by atoms with Gasteiger partial charge in [-0.25, -0.2) is 0 Å². The second kappa shape index (κ2) is 6.85. The van der Waals surface area contributed by atoms with Crippen molar-refractivity contribution in [1.82, 2.24) is 0 Å². The van der Waals surface area contributed by atoms with E-state index in [9.17, 15) is 0 Å². The number of hydrogen-bond donors (Lipinski definition) is 0. The van der Waals surface area contributed by atoms with Crippen molar-refractivity contribution < 1.29 is 9.47 Å². The summed E-state index contributed by atoms with van der Waals surface area (Å²) < 4.78 is 12.2. The van der Waals surface area contributed by atoms with E-state index in [1.165, 1.54) is 0 Å². The summed E-state index contributed by atoms with van der Waals surface area (Å²) in [6.45, 7) is 5.48. The van der Waals surface area contributed by atoms with Crippen LogP contribution in [0.15, 0.2) is 28.7 Å². The van der Waals surface area contributed by atoms with Crippen LogP contribution in [0.4, 0.5) is 0 Å². The Morgan fingerprint density at radius 3 is 2.40 bits per heavy atom. The van der Waals surface area contributed by atoms with E-state index >= 15 is 0 Å². The molecule has 0 fully saturated rings. The van der Waals surface area contributed by atoms with Gasteiger partial charge < -0.3 is 9.47 Å². The molecule has 1 atom stereocenters. The fourth-order valence-electron chi connectivity index (χ4n) is 1.19. The van der Waals surface area contributed by atoms with Gasteiger partial charge in [0.2, 0.25) is 0 Å². The Bertz CT molecular complexity index is 271. The fraction of sp³-hybridized carbons (Fsp3) is 0.500. The Labute approximate surface area is 99.7 Å². The summed E-state index contributed by atoms with van der Waals surface area (Å²) in [5.74, 6) is 0.893. The third kappa shape index (κ3) is 4.67. The van der Waals surface area contributed by atoms with Crippen molar-refractivity contribution in [2.45, 2.75) is 26.4 Å². The molecule has 0 spiro atoms. The second-order valence-electron chi connectivity index (χ2n) is 3.26. The molecule has 0 saturated heterocycles. The van der Waals surface area contributed by atoms with E-state index in [1.54, 1.807) is 0 Å². The summed E-state index contributed by atoms with van der Waals surface area (Å²) in [5, 5.41) is 0. The maximum atomic E-state index is 5.77. The van der Waals surface area contributed by atoms with Crippen molar-refractivity contribution in [2.24, 2.45) is 0 Å². The zero-order valence-electron chi connectivity index (χ0n) is 9.20. The summed E-state index contributed by atoms with van der Waals surface area (Å²) in [6, 6.07) is 7.86. The van der Waals surface area contributed by atoms with E-state index in [0.717, 1.165) is 23.2 Å². The molecule has 0 amide bonds. The minimum atomic E-state index is 0.145. The highest BCUT2D eigenvalue weighted by atomic mass is 79.9. The average Bonchev–Trinajstić information content (AvgIpc) is 2.27. The van der Waals surface area contributed by atoms with Crippen molar-refractivity contribution >= 4 is 15.9 Å². The Morgan fingerprint density at radius 1 is 1.20 bits per heavy atom. The normalized spacial score (nSPS) is 12.5. The van der Waals surface area contributed by atoms with Crippen LogP contribution in [0.1, 0.15) is 20.3 Å². The molecule has 0 aliphatic carbocycles. The summed E-state index contributed by atoms with van der Waals surface area (Å²) in [4.78, 5) is 0. The first kappa shape index (κ1) is 12.5. The highest BCUT2D eigenvalue weighted by Gasteiger charge is 2.07. The van der Waals surface area contributed by atoms with Crippen LogP contribution in [0, 0.1) is 0 Å². The molecule has 0 N–H and O–H groups in total. The van der Waals surface area contributed by atoms with Gasteiger partial charge in [0.05, 0.1) is 6.61 Å². The molecule has 0 aliphatic rings. The van der Waals surface area contributed by atoms with Crippen molar-refractivity contribution in [3.8, 4) is 5.75 Å². The molecule has 0 radical (unpaired) electrons. The number of ether oxygens (including phenoxy) is 2. The predicted molar refractivity (Wildman–Crippen MR) is 65.3 cm³/mol. The van der Waals surface area contributed by atoms with Gasteiger partial charge in [0.1, 0.15) is 11.9 Å². The van der Waals surface area contributed by atoms with Gasteiger partial charge in [-0.15, -0.1) is 0 Å². The molecule has 0 bridgehead atoms. The van der Waals surface area contributed by atoms with E-state index < -0.39 is 0 Å². The van der Waals surface area contributed by atoms with Gasteiger partial charge in [-0.3, -0.25) is 0 Å². The van der Waals surface area contributed by atoms with Crippen molar-refractivity contribution in [3.63, 3.8) is 0 Å². The standard InChI is InChI=1S/C12H17BrO2/c1-3-11(9-14-4-2)15-12-7-5-10(13)6-8-12/h5-8,11H,3-4,9H2,1-2H3. The van der Waals surface area contributed by atoms with E-state index in [1.807, 2.05) is 31.2 Å². The highest BCUT2D eigenvalue weighted by Crippen LogP contribution is 2.18. The van der Waals surface area contributed by atoms with Crippen LogP contribution in [0.3, 0.4) is 0 Å². The molecule has 15 heavy (non-hydrogen) atoms. The smallest absolute Gasteiger partial charge is 0.122 e. The van der Waals surface area contributed by atoms with Crippen LogP contribution in [-0.4, -0.2) is 19.3 Å². The minimum absolute atomic E-state index is 0.145. The SMILES string of the molecule is CCOCC(CC)Oc1ccc(Br)cc1. The first-order valence-electron chi connectivity index (χ1n) is 5.26. The molecule has 2 nitrogen and oxygen atoms in total. The van der Waals surface area contributed by atoms with Crippen LogP contribution in [-0.2, 0) is 4.74 Å². The summed E-state index contributed by atoms with van der Waals surface area (Å²) in [7, 11) is 0. The Balaban J connectivity index is 2.47. The van der Waals surface area contributed by atoms with E-state index in [4.69, 9.17) is 9.47 Å². The zero-order chi connectivity index (χ0) is 11.1. The van der Waals surface area contributed by atoms with Crippen LogP contribution in [0.25, 0.3) is 0 Å². The van der Waals surface area contributed by atoms with Gasteiger partial charge >= 0.3 is 0 Å². The first-order chi connectivity index (χ1) is 7.26. The summed E-state index contributed by atoms with van der Waals surface area (Å²) in [6.07, 6.45) is 1.10. The van der Waals surface area contributed by atoms with Crippen LogP contribution < -0.4 is 4.74 Å². The third-order valence-electron chi connectivity index (χ3n) is 2.08. The largest absolute Gasteiger partial charge is 0.488 e. The lowest BCUT2D eigenvalue weighted by Gasteiger charge is -2.17. The first-order valence-corrected chi connectivity index (χ1v) is 6.05. The zero-order valence-corrected chi connectivity index (χ0v) is 10.8. The minimum Gasteiger partial charge on any atom is -0.488 e. The molecule has 0 heterocycles. The molecule has 0 aliphatic heterocycles. The monoisotopic (exact) mass is 272 g/mol. The van der Waals surface area contributed by atoms with Gasteiger partial charge in [0.25, 0.3) is 0 Å². The van der Waals surface area contributed by atoms with Crippen LogP contribution >= 0.6 is 15.9 Å². The molecule has 0 aromatic heterocycles. The van der Waals surface area contributed by atoms with Crippen LogP contribution in [0.2, 0.25) is 0 Å². The summed E-state index contributed by atoms with van der Waals surface area (Å²) in [5.41, 5.74) is 0. The van der Waals surface area contributed by atoms with Crippen molar-refractivity contribution in [2.75, 3.05) is 13.2 Å². The molecular formula is C12H17BrO2. The quantitative estimate of drug-likeness (QED) is 0.787. The fourth-order valence-corrected chi connectivity index (χ4v) is 1.45. The molecule has 1 unspecified atom stereocenters. The van der Waals surface area contributed by atoms with E-state index in [2.05, 4.69) is 22.9 Å². The van der Waals surface area contributed by atoms with Gasteiger partial charge in [0, 0.05) is 11.1 Å². The van der Waals surface area contributed by atoms with Gasteiger partial charge in [-0.1, -0.05) is 22.9 Å². The maximum Gasteiger partial charge on any atom is 0.122 e. The Kier molecular flexibility index (Phi) is 5.73. The number of hydrogen-bond acceptors (Lipinski definition) is 2. The number of rotatable bonds is 6. The summed E-state index contributed by atoms with van der Waals surface area (Å²) >= 11 is 3.39. The average molecular weight is 273 g/mol. The van der Waals surface area contributed by atoms with Crippen molar-refractivity contribution in [3.05, 3.63) is 28.7 Å². The van der Waals surface area contributed by atoms with E-state index in [0.29, 0.717) is 6.61 Å². The predicted octanol–water partition coefficient (Wildman–Crippen LogP) is 3.64. The molecule has 0 saturated carbocycles. The lowest BCUT2D eigenvalue weighted by Crippen LogP contribution is -2.22. The molecular weight excluding hydrogens is 256 g/mol.